The molecule has 1 atom stereocenters. The minimum absolute atomic E-state index is 0.00668. The van der Waals surface area contributed by atoms with Crippen molar-refractivity contribution in [3.63, 3.8) is 0 Å². The van der Waals surface area contributed by atoms with E-state index in [1.165, 1.54) is 19.1 Å². The molecule has 0 spiro atoms. The minimum atomic E-state index is -0.932. The summed E-state index contributed by atoms with van der Waals surface area (Å²) in [5, 5.41) is 13.9. The third-order valence-corrected chi connectivity index (χ3v) is 3.70. The first kappa shape index (κ1) is 18.4. The molecule has 0 unspecified atom stereocenters. The van der Waals surface area contributed by atoms with Crippen LogP contribution < -0.4 is 10.1 Å². The molecule has 0 bridgehead atoms. The van der Waals surface area contributed by atoms with Crippen LogP contribution in [0.1, 0.15) is 22.8 Å². The third kappa shape index (κ3) is 4.54. The number of aldehydes is 1. The van der Waals surface area contributed by atoms with E-state index in [-0.39, 0.29) is 17.0 Å². The van der Waals surface area contributed by atoms with Crippen molar-refractivity contribution >= 4 is 35.2 Å². The fourth-order valence-electron chi connectivity index (χ4n) is 2.06. The molecular formula is C17H15ClN2O5. The van der Waals surface area contributed by atoms with Gasteiger partial charge >= 0.3 is 0 Å². The Bertz CT molecular complexity index is 838. The number of anilines is 1. The molecule has 2 aromatic carbocycles. The summed E-state index contributed by atoms with van der Waals surface area (Å²) < 4.78 is 5.48. The fourth-order valence-corrected chi connectivity index (χ4v) is 2.23. The molecule has 0 heterocycles. The predicted octanol–water partition coefficient (Wildman–Crippen LogP) is 3.78. The van der Waals surface area contributed by atoms with Gasteiger partial charge in [-0.1, -0.05) is 17.7 Å². The number of aryl methyl sites for hydroxylation is 1. The van der Waals surface area contributed by atoms with Crippen molar-refractivity contribution in [3.05, 3.63) is 62.7 Å². The quantitative estimate of drug-likeness (QED) is 0.479. The van der Waals surface area contributed by atoms with Crippen LogP contribution in [0.25, 0.3) is 0 Å². The number of rotatable bonds is 6. The molecule has 0 aromatic heterocycles. The monoisotopic (exact) mass is 362 g/mol. The van der Waals surface area contributed by atoms with E-state index in [0.717, 1.165) is 11.6 Å². The van der Waals surface area contributed by atoms with E-state index >= 15 is 0 Å². The summed E-state index contributed by atoms with van der Waals surface area (Å²) in [7, 11) is 0. The molecular weight excluding hydrogens is 348 g/mol. The Labute approximate surface area is 148 Å². The second-order valence-corrected chi connectivity index (χ2v) is 5.74. The van der Waals surface area contributed by atoms with Gasteiger partial charge in [-0.25, -0.2) is 0 Å². The predicted molar refractivity (Wildman–Crippen MR) is 93.4 cm³/mol. The summed E-state index contributed by atoms with van der Waals surface area (Å²) in [5.41, 5.74) is 1.13. The number of nitro benzene ring substituents is 1. The highest BCUT2D eigenvalue weighted by Gasteiger charge is 2.19. The highest BCUT2D eigenvalue weighted by atomic mass is 35.5. The number of nitrogens with one attached hydrogen (secondary N) is 1. The highest BCUT2D eigenvalue weighted by Crippen LogP contribution is 2.25. The van der Waals surface area contributed by atoms with Gasteiger partial charge in [0.15, 0.2) is 12.4 Å². The topological polar surface area (TPSA) is 98.5 Å². The molecule has 2 aromatic rings. The Balaban J connectivity index is 2.14. The summed E-state index contributed by atoms with van der Waals surface area (Å²) in [6, 6.07) is 8.67. The number of nitro groups is 1. The van der Waals surface area contributed by atoms with Crippen molar-refractivity contribution in [2.45, 2.75) is 20.0 Å². The van der Waals surface area contributed by atoms with Crippen LogP contribution in [0.2, 0.25) is 5.02 Å². The molecule has 0 saturated carbocycles. The van der Waals surface area contributed by atoms with E-state index < -0.39 is 16.9 Å². The third-order valence-electron chi connectivity index (χ3n) is 3.46. The fraction of sp³-hybridized carbons (Fsp3) is 0.176. The number of hydrogen-bond acceptors (Lipinski definition) is 5. The highest BCUT2D eigenvalue weighted by molar-refractivity contribution is 6.31. The van der Waals surface area contributed by atoms with E-state index in [9.17, 15) is 19.7 Å². The summed E-state index contributed by atoms with van der Waals surface area (Å²) in [6.07, 6.45) is -0.493. The van der Waals surface area contributed by atoms with Crippen molar-refractivity contribution in [1.29, 1.82) is 0 Å². The molecule has 25 heavy (non-hydrogen) atoms. The molecule has 0 aliphatic heterocycles. The van der Waals surface area contributed by atoms with Gasteiger partial charge < -0.3 is 10.1 Å². The van der Waals surface area contributed by atoms with Crippen LogP contribution in [0.3, 0.4) is 0 Å². The molecule has 2 rings (SSSR count). The molecule has 1 amide bonds. The van der Waals surface area contributed by atoms with Crippen LogP contribution in [-0.2, 0) is 4.79 Å². The Morgan fingerprint density at radius 2 is 2.04 bits per heavy atom. The molecule has 8 heteroatoms. The van der Waals surface area contributed by atoms with Gasteiger partial charge in [-0.05, 0) is 37.6 Å². The first-order valence-corrected chi connectivity index (χ1v) is 7.67. The zero-order valence-electron chi connectivity index (χ0n) is 13.5. The van der Waals surface area contributed by atoms with Gasteiger partial charge in [0, 0.05) is 22.8 Å². The van der Waals surface area contributed by atoms with Gasteiger partial charge in [0.2, 0.25) is 0 Å². The average Bonchev–Trinajstić information content (AvgIpc) is 2.58. The molecule has 0 aliphatic rings. The van der Waals surface area contributed by atoms with Gasteiger partial charge in [0.1, 0.15) is 5.75 Å². The number of ether oxygens (including phenoxy) is 1. The van der Waals surface area contributed by atoms with Crippen molar-refractivity contribution in [1.82, 2.24) is 0 Å². The van der Waals surface area contributed by atoms with Crippen LogP contribution in [0, 0.1) is 17.0 Å². The Morgan fingerprint density at radius 3 is 2.68 bits per heavy atom. The number of carbonyl (C=O) groups is 2. The van der Waals surface area contributed by atoms with E-state index in [2.05, 4.69) is 5.32 Å². The SMILES string of the molecule is Cc1ccc(Cl)cc1NC(=O)[C@H](C)Oc1ccc([N+](=O)[O-])cc1C=O. The second-order valence-electron chi connectivity index (χ2n) is 5.31. The summed E-state index contributed by atoms with van der Waals surface area (Å²) in [4.78, 5) is 33.5. The molecule has 0 fully saturated rings. The second kappa shape index (κ2) is 7.76. The van der Waals surface area contributed by atoms with Gasteiger partial charge in [-0.3, -0.25) is 19.7 Å². The van der Waals surface area contributed by atoms with Crippen molar-refractivity contribution in [3.8, 4) is 5.75 Å². The summed E-state index contributed by atoms with van der Waals surface area (Å²) in [6.45, 7) is 3.32. The lowest BCUT2D eigenvalue weighted by Crippen LogP contribution is -2.30. The molecule has 130 valence electrons. The van der Waals surface area contributed by atoms with Gasteiger partial charge in [0.25, 0.3) is 11.6 Å². The van der Waals surface area contributed by atoms with E-state index in [1.807, 2.05) is 6.92 Å². The Morgan fingerprint density at radius 1 is 1.32 bits per heavy atom. The molecule has 0 radical (unpaired) electrons. The maximum Gasteiger partial charge on any atom is 0.270 e. The van der Waals surface area contributed by atoms with Crippen LogP contribution >= 0.6 is 11.6 Å². The molecule has 0 aliphatic carbocycles. The lowest BCUT2D eigenvalue weighted by atomic mass is 10.2. The summed E-state index contributed by atoms with van der Waals surface area (Å²) in [5.74, 6) is -0.355. The van der Waals surface area contributed by atoms with E-state index in [4.69, 9.17) is 16.3 Å². The molecule has 0 saturated heterocycles. The van der Waals surface area contributed by atoms with E-state index in [1.54, 1.807) is 18.2 Å². The zero-order valence-corrected chi connectivity index (χ0v) is 14.2. The minimum Gasteiger partial charge on any atom is -0.480 e. The van der Waals surface area contributed by atoms with Crippen LogP contribution in [0.5, 0.6) is 5.75 Å². The number of nitrogens with zero attached hydrogens (tertiary/aromatic N) is 1. The largest absolute Gasteiger partial charge is 0.480 e. The Kier molecular flexibility index (Phi) is 5.71. The standard InChI is InChI=1S/C17H15ClN2O5/c1-10-3-4-13(18)8-15(10)19-17(22)11(2)25-16-6-5-14(20(23)24)7-12(16)9-21/h3-9,11H,1-2H3,(H,19,22)/t11-/m0/s1. The van der Waals surface area contributed by atoms with Crippen molar-refractivity contribution < 1.29 is 19.2 Å². The number of non-ortho nitro benzene ring substituents is 1. The van der Waals surface area contributed by atoms with Gasteiger partial charge in [-0.2, -0.15) is 0 Å². The van der Waals surface area contributed by atoms with Crippen LogP contribution in [0.4, 0.5) is 11.4 Å². The maximum absolute atomic E-state index is 12.3. The normalized spacial score (nSPS) is 11.5. The number of amides is 1. The smallest absolute Gasteiger partial charge is 0.270 e. The lowest BCUT2D eigenvalue weighted by Gasteiger charge is -2.16. The molecule has 1 N–H and O–H groups in total. The van der Waals surface area contributed by atoms with Gasteiger partial charge in [-0.15, -0.1) is 0 Å². The number of benzene rings is 2. The zero-order chi connectivity index (χ0) is 18.6. The number of carbonyl (C=O) groups excluding carboxylic acids is 2. The van der Waals surface area contributed by atoms with Crippen LogP contribution in [-0.4, -0.2) is 23.2 Å². The number of halogens is 1. The van der Waals surface area contributed by atoms with Crippen molar-refractivity contribution in [2.24, 2.45) is 0 Å². The molecule has 7 nitrogen and oxygen atoms in total. The van der Waals surface area contributed by atoms with E-state index in [0.29, 0.717) is 17.0 Å². The number of hydrogen-bond donors (Lipinski definition) is 1. The first-order chi connectivity index (χ1) is 11.8. The van der Waals surface area contributed by atoms with Gasteiger partial charge in [0.05, 0.1) is 10.5 Å². The first-order valence-electron chi connectivity index (χ1n) is 7.29. The van der Waals surface area contributed by atoms with Crippen LogP contribution in [0.15, 0.2) is 36.4 Å². The summed E-state index contributed by atoms with van der Waals surface area (Å²) >= 11 is 5.91. The maximum atomic E-state index is 12.3. The Hall–Kier alpha value is -2.93. The average molecular weight is 363 g/mol. The van der Waals surface area contributed by atoms with Crippen molar-refractivity contribution in [2.75, 3.05) is 5.32 Å². The lowest BCUT2D eigenvalue weighted by molar-refractivity contribution is -0.384.